The van der Waals surface area contributed by atoms with Crippen LogP contribution in [0.3, 0.4) is 0 Å². The maximum Gasteiger partial charge on any atom is 0.329 e. The van der Waals surface area contributed by atoms with Crippen LogP contribution < -0.4 is 10.6 Å². The van der Waals surface area contributed by atoms with Gasteiger partial charge in [0.1, 0.15) is 5.54 Å². The van der Waals surface area contributed by atoms with Gasteiger partial charge < -0.3 is 15.7 Å². The van der Waals surface area contributed by atoms with Crippen LogP contribution in [0.5, 0.6) is 0 Å². The second kappa shape index (κ2) is 6.78. The highest BCUT2D eigenvalue weighted by Gasteiger charge is 2.36. The fourth-order valence-electron chi connectivity index (χ4n) is 2.79. The minimum absolute atomic E-state index is 0.370. The van der Waals surface area contributed by atoms with Crippen molar-refractivity contribution in [2.24, 2.45) is 11.8 Å². The molecule has 19 heavy (non-hydrogen) atoms. The smallest absolute Gasteiger partial charge is 0.329 e. The van der Waals surface area contributed by atoms with Gasteiger partial charge in [0.05, 0.1) is 0 Å². The highest BCUT2D eigenvalue weighted by molar-refractivity contribution is 5.86. The van der Waals surface area contributed by atoms with Crippen molar-refractivity contribution in [2.45, 2.75) is 58.4 Å². The average Bonchev–Trinajstić information content (AvgIpc) is 2.79. The van der Waals surface area contributed by atoms with E-state index in [4.69, 9.17) is 0 Å². The van der Waals surface area contributed by atoms with Crippen LogP contribution in [0.25, 0.3) is 0 Å². The maximum absolute atomic E-state index is 11.9. The SMILES string of the molecule is CCC(CC)(NC(=O)NCC1CCCC1C)C(=O)O. The average molecular weight is 270 g/mol. The van der Waals surface area contributed by atoms with Crippen LogP contribution in [-0.4, -0.2) is 29.2 Å². The van der Waals surface area contributed by atoms with Crippen molar-refractivity contribution in [2.75, 3.05) is 6.54 Å². The summed E-state index contributed by atoms with van der Waals surface area (Å²) in [5.41, 5.74) is -1.15. The van der Waals surface area contributed by atoms with Crippen LogP contribution in [0, 0.1) is 11.8 Å². The van der Waals surface area contributed by atoms with Gasteiger partial charge in [-0.25, -0.2) is 9.59 Å². The molecule has 5 nitrogen and oxygen atoms in total. The van der Waals surface area contributed by atoms with Crippen molar-refractivity contribution in [3.63, 3.8) is 0 Å². The van der Waals surface area contributed by atoms with E-state index in [0.29, 0.717) is 31.2 Å². The summed E-state index contributed by atoms with van der Waals surface area (Å²) >= 11 is 0. The molecule has 0 heterocycles. The number of carbonyl (C=O) groups is 2. The minimum Gasteiger partial charge on any atom is -0.480 e. The molecular weight excluding hydrogens is 244 g/mol. The quantitative estimate of drug-likeness (QED) is 0.693. The first-order chi connectivity index (χ1) is 8.95. The molecule has 1 aliphatic carbocycles. The largest absolute Gasteiger partial charge is 0.480 e. The number of hydrogen-bond donors (Lipinski definition) is 3. The summed E-state index contributed by atoms with van der Waals surface area (Å²) in [5.74, 6) is 0.192. The Bertz CT molecular complexity index is 327. The molecule has 1 rings (SSSR count). The molecule has 2 amide bonds. The number of nitrogens with one attached hydrogen (secondary N) is 2. The number of carboxylic acid groups (broad SMARTS) is 1. The number of urea groups is 1. The molecule has 2 unspecified atom stereocenters. The molecule has 0 radical (unpaired) electrons. The van der Waals surface area contributed by atoms with E-state index in [1.165, 1.54) is 12.8 Å². The first-order valence-corrected chi connectivity index (χ1v) is 7.24. The van der Waals surface area contributed by atoms with Crippen LogP contribution in [0.1, 0.15) is 52.9 Å². The predicted molar refractivity (Wildman–Crippen MR) is 74.0 cm³/mol. The molecule has 3 N–H and O–H groups in total. The molecule has 1 aliphatic rings. The topological polar surface area (TPSA) is 78.4 Å². The molecular formula is C14H26N2O3. The van der Waals surface area contributed by atoms with E-state index in [1.54, 1.807) is 13.8 Å². The van der Waals surface area contributed by atoms with Crippen molar-refractivity contribution in [1.29, 1.82) is 0 Å². The van der Waals surface area contributed by atoms with E-state index < -0.39 is 11.5 Å². The van der Waals surface area contributed by atoms with Crippen LogP contribution in [0.4, 0.5) is 4.79 Å². The molecule has 0 aromatic rings. The lowest BCUT2D eigenvalue weighted by atomic mass is 9.93. The van der Waals surface area contributed by atoms with E-state index in [9.17, 15) is 14.7 Å². The van der Waals surface area contributed by atoms with Crippen LogP contribution in [0.2, 0.25) is 0 Å². The summed E-state index contributed by atoms with van der Waals surface area (Å²) in [6.45, 7) is 6.39. The van der Waals surface area contributed by atoms with Gasteiger partial charge in [-0.15, -0.1) is 0 Å². The van der Waals surface area contributed by atoms with Gasteiger partial charge in [0.2, 0.25) is 0 Å². The second-order valence-corrected chi connectivity index (χ2v) is 5.60. The minimum atomic E-state index is -1.15. The lowest BCUT2D eigenvalue weighted by molar-refractivity contribution is -0.144. The molecule has 110 valence electrons. The zero-order valence-corrected chi connectivity index (χ0v) is 12.2. The highest BCUT2D eigenvalue weighted by atomic mass is 16.4. The lowest BCUT2D eigenvalue weighted by Gasteiger charge is -2.28. The molecule has 2 atom stereocenters. The van der Waals surface area contributed by atoms with Crippen molar-refractivity contribution >= 4 is 12.0 Å². The Hall–Kier alpha value is -1.26. The van der Waals surface area contributed by atoms with Crippen LogP contribution in [-0.2, 0) is 4.79 Å². The summed E-state index contributed by atoms with van der Waals surface area (Å²) in [6.07, 6.45) is 4.35. The molecule has 1 saturated carbocycles. The predicted octanol–water partition coefficient (Wildman–Crippen LogP) is 2.37. The first-order valence-electron chi connectivity index (χ1n) is 7.24. The zero-order valence-electron chi connectivity index (χ0n) is 12.2. The van der Waals surface area contributed by atoms with E-state index in [0.717, 1.165) is 6.42 Å². The Labute approximate surface area is 115 Å². The number of carbonyl (C=O) groups excluding carboxylic acids is 1. The van der Waals surface area contributed by atoms with E-state index in [1.807, 2.05) is 0 Å². The Balaban J connectivity index is 2.47. The standard InChI is InChI=1S/C14H26N2O3/c1-4-14(5-2,12(17)18)16-13(19)15-9-11-8-6-7-10(11)3/h10-11H,4-9H2,1-3H3,(H,17,18)(H2,15,16,19). The maximum atomic E-state index is 11.9. The fraction of sp³-hybridized carbons (Fsp3) is 0.857. The Kier molecular flexibility index (Phi) is 5.63. The van der Waals surface area contributed by atoms with E-state index in [-0.39, 0.29) is 6.03 Å². The summed E-state index contributed by atoms with van der Waals surface area (Å²) in [7, 11) is 0. The van der Waals surface area contributed by atoms with E-state index >= 15 is 0 Å². The Morgan fingerprint density at radius 1 is 1.26 bits per heavy atom. The van der Waals surface area contributed by atoms with Crippen LogP contribution in [0.15, 0.2) is 0 Å². The summed E-state index contributed by atoms with van der Waals surface area (Å²) in [5, 5.41) is 14.7. The molecule has 0 saturated heterocycles. The first kappa shape index (κ1) is 15.8. The normalized spacial score (nSPS) is 23.1. The number of rotatable bonds is 6. The molecule has 0 aromatic carbocycles. The summed E-state index contributed by atoms with van der Waals surface area (Å²) in [6, 6.07) is -0.370. The molecule has 0 bridgehead atoms. The van der Waals surface area contributed by atoms with Gasteiger partial charge in [0, 0.05) is 6.54 Å². The monoisotopic (exact) mass is 270 g/mol. The zero-order chi connectivity index (χ0) is 14.5. The van der Waals surface area contributed by atoms with Gasteiger partial charge in [-0.2, -0.15) is 0 Å². The van der Waals surface area contributed by atoms with E-state index in [2.05, 4.69) is 17.6 Å². The Morgan fingerprint density at radius 3 is 2.32 bits per heavy atom. The molecule has 1 fully saturated rings. The Morgan fingerprint density at radius 2 is 1.89 bits per heavy atom. The molecule has 0 aliphatic heterocycles. The summed E-state index contributed by atoms with van der Waals surface area (Å²) < 4.78 is 0. The number of aliphatic carboxylic acids is 1. The molecule has 0 spiro atoms. The molecule has 0 aromatic heterocycles. The molecule has 5 heteroatoms. The highest BCUT2D eigenvalue weighted by Crippen LogP contribution is 2.30. The van der Waals surface area contributed by atoms with Crippen molar-refractivity contribution < 1.29 is 14.7 Å². The third kappa shape index (κ3) is 3.85. The van der Waals surface area contributed by atoms with Crippen molar-refractivity contribution in [1.82, 2.24) is 10.6 Å². The number of amides is 2. The van der Waals surface area contributed by atoms with Gasteiger partial charge >= 0.3 is 12.0 Å². The second-order valence-electron chi connectivity index (χ2n) is 5.60. The van der Waals surface area contributed by atoms with Gasteiger partial charge in [-0.1, -0.05) is 33.6 Å². The summed E-state index contributed by atoms with van der Waals surface area (Å²) in [4.78, 5) is 23.1. The number of carboxylic acids is 1. The van der Waals surface area contributed by atoms with Crippen molar-refractivity contribution in [3.8, 4) is 0 Å². The van der Waals surface area contributed by atoms with Crippen LogP contribution >= 0.6 is 0 Å². The van der Waals surface area contributed by atoms with Gasteiger partial charge in [0.15, 0.2) is 0 Å². The number of hydrogen-bond acceptors (Lipinski definition) is 2. The van der Waals surface area contributed by atoms with Gasteiger partial charge in [-0.05, 0) is 31.1 Å². The third-order valence-electron chi connectivity index (χ3n) is 4.53. The lowest BCUT2D eigenvalue weighted by Crippen LogP contribution is -2.56. The van der Waals surface area contributed by atoms with Crippen molar-refractivity contribution in [3.05, 3.63) is 0 Å². The van der Waals surface area contributed by atoms with Gasteiger partial charge in [-0.3, -0.25) is 0 Å². The van der Waals surface area contributed by atoms with Gasteiger partial charge in [0.25, 0.3) is 0 Å². The fourth-order valence-corrected chi connectivity index (χ4v) is 2.79. The third-order valence-corrected chi connectivity index (χ3v) is 4.53.